The fourth-order valence-electron chi connectivity index (χ4n) is 1.50. The maximum Gasteiger partial charge on any atom is 0.189 e. The van der Waals surface area contributed by atoms with E-state index in [0.29, 0.717) is 17.5 Å². The lowest BCUT2D eigenvalue weighted by molar-refractivity contribution is 0.133. The Balaban J connectivity index is 1.83. The molecular formula is C11H12N2O2. The molecule has 2 atom stereocenters. The van der Waals surface area contributed by atoms with E-state index in [-0.39, 0.29) is 12.4 Å². The van der Waals surface area contributed by atoms with Gasteiger partial charge in [-0.2, -0.15) is 0 Å². The van der Waals surface area contributed by atoms with Gasteiger partial charge >= 0.3 is 0 Å². The molecule has 1 aromatic rings. The molecule has 0 saturated heterocycles. The van der Waals surface area contributed by atoms with Crippen molar-refractivity contribution in [3.8, 4) is 11.5 Å². The average Bonchev–Trinajstić information content (AvgIpc) is 2.63. The second-order valence-electron chi connectivity index (χ2n) is 3.21. The number of rotatable bonds is 1. The summed E-state index contributed by atoms with van der Waals surface area (Å²) in [6.45, 7) is -2.91. The number of hydrogen-bond donors (Lipinski definition) is 1. The first-order chi connectivity index (χ1) is 8.95. The van der Waals surface area contributed by atoms with Crippen LogP contribution < -0.4 is 14.8 Å². The fraction of sp³-hybridized carbons (Fsp3) is 0.364. The monoisotopic (exact) mass is 208 g/mol. The Kier molecular flexibility index (Phi) is 1.24. The molecule has 2 heterocycles. The second-order valence-corrected chi connectivity index (χ2v) is 3.21. The molecule has 78 valence electrons. The van der Waals surface area contributed by atoms with Crippen molar-refractivity contribution in [2.24, 2.45) is 4.99 Å². The normalized spacial score (nSPS) is 35.3. The van der Waals surface area contributed by atoms with E-state index in [9.17, 15) is 0 Å². The highest BCUT2D eigenvalue weighted by molar-refractivity contribution is 5.88. The first-order valence-electron chi connectivity index (χ1n) is 6.72. The summed E-state index contributed by atoms with van der Waals surface area (Å²) in [5.41, 5.74) is 0. The zero-order chi connectivity index (χ0) is 13.6. The molecule has 0 aromatic heterocycles. The number of benzene rings is 1. The maximum atomic E-state index is 7.54. The van der Waals surface area contributed by atoms with Crippen LogP contribution in [0.15, 0.2) is 29.2 Å². The van der Waals surface area contributed by atoms with Crippen LogP contribution in [0, 0.1) is 0 Å². The van der Waals surface area contributed by atoms with Crippen molar-refractivity contribution in [1.29, 1.82) is 0 Å². The van der Waals surface area contributed by atoms with E-state index in [2.05, 4.69) is 10.3 Å². The molecular weight excluding hydrogens is 192 g/mol. The van der Waals surface area contributed by atoms with Gasteiger partial charge in [-0.05, 0) is 12.1 Å². The number of ether oxygens (including phenoxy) is 2. The van der Waals surface area contributed by atoms with E-state index in [0.717, 1.165) is 0 Å². The summed E-state index contributed by atoms with van der Waals surface area (Å²) in [5.74, 6) is 1.25. The zero-order valence-corrected chi connectivity index (χ0v) is 7.86. The van der Waals surface area contributed by atoms with Crippen molar-refractivity contribution in [1.82, 2.24) is 5.32 Å². The van der Waals surface area contributed by atoms with E-state index in [1.807, 2.05) is 0 Å². The predicted octanol–water partition coefficient (Wildman–Crippen LogP) is 0.828. The Hall–Kier alpha value is -1.71. The van der Waals surface area contributed by atoms with Gasteiger partial charge in [-0.1, -0.05) is 12.1 Å². The predicted molar refractivity (Wildman–Crippen MR) is 56.7 cm³/mol. The van der Waals surface area contributed by atoms with Gasteiger partial charge in [0.2, 0.25) is 0 Å². The van der Waals surface area contributed by atoms with Crippen LogP contribution in [-0.2, 0) is 0 Å². The van der Waals surface area contributed by atoms with Gasteiger partial charge in [-0.25, -0.2) is 0 Å². The van der Waals surface area contributed by atoms with Crippen LogP contribution in [0.4, 0.5) is 0 Å². The topological polar surface area (TPSA) is 42.8 Å². The highest BCUT2D eigenvalue weighted by atomic mass is 16.6. The molecule has 0 bridgehead atoms. The van der Waals surface area contributed by atoms with Crippen LogP contribution in [0.5, 0.6) is 11.5 Å². The van der Waals surface area contributed by atoms with E-state index in [1.165, 1.54) is 6.07 Å². The van der Waals surface area contributed by atoms with E-state index >= 15 is 0 Å². The summed E-state index contributed by atoms with van der Waals surface area (Å²) in [4.78, 5) is 3.82. The third kappa shape index (κ3) is 1.52. The summed E-state index contributed by atoms with van der Waals surface area (Å²) in [6, 6.07) is 5.10. The summed E-state index contributed by atoms with van der Waals surface area (Å²) >= 11 is 0. The minimum atomic E-state index is -1.96. The SMILES string of the molecule is [2H]c1ccc2c(c1)OC(C1=NC([2H])([2H])C([2H])N1)CO2. The Labute approximate surface area is 93.5 Å². The number of aliphatic imine (C=N–C) groups is 1. The number of para-hydroxylation sites is 2. The molecule has 15 heavy (non-hydrogen) atoms. The summed E-state index contributed by atoms with van der Waals surface area (Å²) in [7, 11) is 0. The highest BCUT2D eigenvalue weighted by Gasteiger charge is 2.26. The van der Waals surface area contributed by atoms with Gasteiger partial charge in [0.05, 0.1) is 12.0 Å². The molecule has 4 nitrogen and oxygen atoms in total. The summed E-state index contributed by atoms with van der Waals surface area (Å²) < 4.78 is 41.3. The van der Waals surface area contributed by atoms with Gasteiger partial charge < -0.3 is 14.8 Å². The quantitative estimate of drug-likeness (QED) is 0.743. The van der Waals surface area contributed by atoms with Gasteiger partial charge in [0.25, 0.3) is 0 Å². The Morgan fingerprint density at radius 3 is 3.40 bits per heavy atom. The molecule has 1 N–H and O–H groups in total. The fourth-order valence-corrected chi connectivity index (χ4v) is 1.50. The number of nitrogens with one attached hydrogen (secondary N) is 1. The number of nitrogens with zero attached hydrogens (tertiary/aromatic N) is 1. The summed E-state index contributed by atoms with van der Waals surface area (Å²) in [6.07, 6.45) is -0.584. The van der Waals surface area contributed by atoms with Crippen LogP contribution in [0.25, 0.3) is 0 Å². The van der Waals surface area contributed by atoms with Crippen LogP contribution >= 0.6 is 0 Å². The van der Waals surface area contributed by atoms with Crippen LogP contribution in [0.3, 0.4) is 0 Å². The van der Waals surface area contributed by atoms with E-state index in [1.54, 1.807) is 12.1 Å². The van der Waals surface area contributed by atoms with Gasteiger partial charge in [0.15, 0.2) is 17.6 Å². The average molecular weight is 208 g/mol. The Bertz CT molecular complexity index is 549. The minimum absolute atomic E-state index is 0.193. The molecule has 0 aliphatic carbocycles. The van der Waals surface area contributed by atoms with Crippen LogP contribution in [-0.4, -0.2) is 31.6 Å². The first-order valence-corrected chi connectivity index (χ1v) is 4.64. The van der Waals surface area contributed by atoms with Crippen molar-refractivity contribution in [2.45, 2.75) is 6.10 Å². The maximum absolute atomic E-state index is 7.54. The molecule has 2 unspecified atom stereocenters. The number of hydrogen-bond acceptors (Lipinski definition) is 4. The smallest absolute Gasteiger partial charge is 0.189 e. The van der Waals surface area contributed by atoms with Crippen LogP contribution in [0.2, 0.25) is 0 Å². The molecule has 0 spiro atoms. The molecule has 1 aromatic carbocycles. The van der Waals surface area contributed by atoms with Crippen molar-refractivity contribution >= 4 is 5.84 Å². The van der Waals surface area contributed by atoms with Crippen molar-refractivity contribution in [3.63, 3.8) is 0 Å². The van der Waals surface area contributed by atoms with Gasteiger partial charge in [-0.15, -0.1) is 0 Å². The van der Waals surface area contributed by atoms with E-state index < -0.39 is 19.1 Å². The molecule has 2 aliphatic heterocycles. The lowest BCUT2D eigenvalue weighted by atomic mass is 10.2. The molecule has 0 radical (unpaired) electrons. The largest absolute Gasteiger partial charge is 0.485 e. The molecule has 2 aliphatic rings. The molecule has 3 rings (SSSR count). The first kappa shape index (κ1) is 5.39. The molecule has 0 amide bonds. The minimum Gasteiger partial charge on any atom is -0.485 e. The van der Waals surface area contributed by atoms with Crippen molar-refractivity contribution < 1.29 is 15.0 Å². The highest BCUT2D eigenvalue weighted by Crippen LogP contribution is 2.31. The molecule has 0 fully saturated rings. The molecule has 4 heteroatoms. The lowest BCUT2D eigenvalue weighted by Gasteiger charge is -2.26. The third-order valence-electron chi connectivity index (χ3n) is 2.22. The number of amidine groups is 1. The van der Waals surface area contributed by atoms with E-state index in [4.69, 9.17) is 15.0 Å². The number of fused-ring (bicyclic) bond motifs is 1. The zero-order valence-electron chi connectivity index (χ0n) is 11.9. The van der Waals surface area contributed by atoms with Gasteiger partial charge in [-0.3, -0.25) is 4.99 Å². The second kappa shape index (κ2) is 3.46. The van der Waals surface area contributed by atoms with Crippen LogP contribution in [0.1, 0.15) is 5.48 Å². The Morgan fingerprint density at radius 1 is 1.53 bits per heavy atom. The molecule has 0 saturated carbocycles. The standard InChI is InChI=1S/C11H12N2O2/c1-2-4-9-8(3-1)14-7-10(15-9)11-12-5-6-13-11/h1-4,10H,5-7H2,(H,12,13)/i2D,5D,6D2. The summed E-state index contributed by atoms with van der Waals surface area (Å²) in [5, 5.41) is 2.65. The van der Waals surface area contributed by atoms with Gasteiger partial charge in [0.1, 0.15) is 12.4 Å². The third-order valence-corrected chi connectivity index (χ3v) is 2.22. The Morgan fingerprint density at radius 2 is 2.53 bits per heavy atom. The van der Waals surface area contributed by atoms with Gasteiger partial charge in [0, 0.05) is 6.52 Å². The lowest BCUT2D eigenvalue weighted by Crippen LogP contribution is -2.42. The van der Waals surface area contributed by atoms with Crippen molar-refractivity contribution in [2.75, 3.05) is 19.6 Å². The van der Waals surface area contributed by atoms with Crippen molar-refractivity contribution in [3.05, 3.63) is 24.2 Å².